The molecule has 0 unspecified atom stereocenters. The normalized spacial score (nSPS) is 15.8. The van der Waals surface area contributed by atoms with Crippen LogP contribution < -0.4 is 0 Å². The number of piperazine rings is 1. The van der Waals surface area contributed by atoms with Crippen molar-refractivity contribution in [2.45, 2.75) is 19.3 Å². The Hall–Kier alpha value is -1.40. The van der Waals surface area contributed by atoms with E-state index < -0.39 is 0 Å². The molecule has 0 spiro atoms. The van der Waals surface area contributed by atoms with Crippen molar-refractivity contribution in [2.24, 2.45) is 0 Å². The van der Waals surface area contributed by atoms with Crippen molar-refractivity contribution in [1.82, 2.24) is 14.7 Å². The van der Waals surface area contributed by atoms with Crippen molar-refractivity contribution in [1.29, 1.82) is 0 Å². The number of nitrogens with zero attached hydrogens (tertiary/aromatic N) is 3. The Morgan fingerprint density at radius 2 is 1.95 bits per heavy atom. The van der Waals surface area contributed by atoms with Crippen molar-refractivity contribution in [2.75, 3.05) is 46.8 Å². The minimum Gasteiger partial charge on any atom is -0.348 e. The average Bonchev–Trinajstić information content (AvgIpc) is 3.01. The monoisotopic (exact) mass is 323 g/mol. The van der Waals surface area contributed by atoms with Gasteiger partial charge in [-0.3, -0.25) is 14.5 Å². The van der Waals surface area contributed by atoms with Crippen molar-refractivity contribution >= 4 is 23.2 Å². The van der Waals surface area contributed by atoms with E-state index in [1.807, 2.05) is 4.90 Å². The van der Waals surface area contributed by atoms with Crippen molar-refractivity contribution in [3.8, 4) is 0 Å². The molecular formula is C16H25N3O2S. The Balaban J connectivity index is 1.65. The molecule has 0 aliphatic carbocycles. The summed E-state index contributed by atoms with van der Waals surface area (Å²) in [4.78, 5) is 30.9. The summed E-state index contributed by atoms with van der Waals surface area (Å²) in [6.45, 7) is 3.50. The highest BCUT2D eigenvalue weighted by molar-refractivity contribution is 7.09. The molecule has 6 heteroatoms. The zero-order valence-corrected chi connectivity index (χ0v) is 14.3. The number of aryl methyl sites for hydroxylation is 1. The minimum absolute atomic E-state index is 0.121. The minimum atomic E-state index is 0.121. The smallest absolute Gasteiger partial charge is 0.236 e. The highest BCUT2D eigenvalue weighted by atomic mass is 32.1. The van der Waals surface area contributed by atoms with Gasteiger partial charge >= 0.3 is 0 Å². The third-order valence-electron chi connectivity index (χ3n) is 3.98. The number of thiophene rings is 1. The molecule has 0 aromatic carbocycles. The van der Waals surface area contributed by atoms with Crippen LogP contribution in [-0.4, -0.2) is 73.3 Å². The first-order valence-corrected chi connectivity index (χ1v) is 8.67. The van der Waals surface area contributed by atoms with Gasteiger partial charge in [-0.15, -0.1) is 11.3 Å². The third kappa shape index (κ3) is 5.10. The molecule has 1 aliphatic heterocycles. The van der Waals surface area contributed by atoms with Crippen LogP contribution in [0.3, 0.4) is 0 Å². The van der Waals surface area contributed by atoms with Crippen LogP contribution in [0.4, 0.5) is 0 Å². The number of likely N-dealkylation sites (N-methyl/N-ethyl adjacent to an activating group) is 1. The van der Waals surface area contributed by atoms with Gasteiger partial charge in [0.05, 0.1) is 6.54 Å². The maximum Gasteiger partial charge on any atom is 0.236 e. The molecule has 1 fully saturated rings. The van der Waals surface area contributed by atoms with Crippen LogP contribution in [0.2, 0.25) is 0 Å². The first-order valence-electron chi connectivity index (χ1n) is 7.79. The van der Waals surface area contributed by atoms with E-state index in [0.29, 0.717) is 13.0 Å². The Morgan fingerprint density at radius 3 is 2.55 bits per heavy atom. The molecule has 0 radical (unpaired) electrons. The van der Waals surface area contributed by atoms with Gasteiger partial charge in [-0.1, -0.05) is 6.07 Å². The number of amides is 2. The lowest BCUT2D eigenvalue weighted by atomic mass is 10.2. The molecule has 0 atom stereocenters. The fraction of sp³-hybridized carbons (Fsp3) is 0.625. The van der Waals surface area contributed by atoms with Gasteiger partial charge in [0.1, 0.15) is 0 Å². The number of rotatable bonds is 6. The van der Waals surface area contributed by atoms with E-state index in [1.165, 1.54) is 4.88 Å². The van der Waals surface area contributed by atoms with Gasteiger partial charge in [0.2, 0.25) is 11.8 Å². The molecule has 0 bridgehead atoms. The van der Waals surface area contributed by atoms with E-state index in [-0.39, 0.29) is 11.8 Å². The summed E-state index contributed by atoms with van der Waals surface area (Å²) in [6, 6.07) is 4.17. The highest BCUT2D eigenvalue weighted by Crippen LogP contribution is 2.13. The molecule has 1 aromatic rings. The van der Waals surface area contributed by atoms with Gasteiger partial charge in [-0.2, -0.15) is 0 Å². The molecule has 122 valence electrons. The molecule has 2 rings (SSSR count). The number of hydrogen-bond donors (Lipinski definition) is 0. The standard InChI is InChI=1S/C16H25N3O2S/c1-17(2)16(21)13-18-8-10-19(11-9-18)15(20)7-3-5-14-6-4-12-22-14/h4,6,12H,3,5,7-11,13H2,1-2H3. The van der Waals surface area contributed by atoms with Crippen LogP contribution in [0.1, 0.15) is 17.7 Å². The van der Waals surface area contributed by atoms with Gasteiger partial charge in [0, 0.05) is 51.6 Å². The van der Waals surface area contributed by atoms with E-state index in [1.54, 1.807) is 30.3 Å². The van der Waals surface area contributed by atoms with Crippen molar-refractivity contribution < 1.29 is 9.59 Å². The summed E-state index contributed by atoms with van der Waals surface area (Å²) in [6.07, 6.45) is 2.52. The predicted molar refractivity (Wildman–Crippen MR) is 89.0 cm³/mol. The third-order valence-corrected chi connectivity index (χ3v) is 4.91. The lowest BCUT2D eigenvalue weighted by molar-refractivity contribution is -0.134. The largest absolute Gasteiger partial charge is 0.348 e. The molecule has 0 N–H and O–H groups in total. The topological polar surface area (TPSA) is 43.9 Å². The molecule has 1 aromatic heterocycles. The molecule has 5 nitrogen and oxygen atoms in total. The van der Waals surface area contributed by atoms with Gasteiger partial charge in [0.25, 0.3) is 0 Å². The zero-order valence-electron chi connectivity index (χ0n) is 13.5. The second-order valence-electron chi connectivity index (χ2n) is 5.88. The summed E-state index contributed by atoms with van der Waals surface area (Å²) in [5.74, 6) is 0.367. The second-order valence-corrected chi connectivity index (χ2v) is 6.91. The Kier molecular flexibility index (Phi) is 6.39. The van der Waals surface area contributed by atoms with Crippen LogP contribution in [0.5, 0.6) is 0 Å². The highest BCUT2D eigenvalue weighted by Gasteiger charge is 2.22. The maximum atomic E-state index is 12.2. The number of hydrogen-bond acceptors (Lipinski definition) is 4. The summed E-state index contributed by atoms with van der Waals surface area (Å²) in [5, 5.41) is 2.07. The molecule has 1 aliphatic rings. The molecular weight excluding hydrogens is 298 g/mol. The van der Waals surface area contributed by atoms with E-state index in [4.69, 9.17) is 0 Å². The van der Waals surface area contributed by atoms with Gasteiger partial charge in [-0.05, 0) is 24.3 Å². The first kappa shape index (κ1) is 17.0. The summed E-state index contributed by atoms with van der Waals surface area (Å²) in [5.41, 5.74) is 0. The van der Waals surface area contributed by atoms with Gasteiger partial charge < -0.3 is 9.80 Å². The zero-order chi connectivity index (χ0) is 15.9. The fourth-order valence-electron chi connectivity index (χ4n) is 2.51. The average molecular weight is 323 g/mol. The number of carbonyl (C=O) groups excluding carboxylic acids is 2. The quantitative estimate of drug-likeness (QED) is 0.793. The van der Waals surface area contributed by atoms with Crippen LogP contribution in [0.15, 0.2) is 17.5 Å². The van der Waals surface area contributed by atoms with E-state index in [9.17, 15) is 9.59 Å². The van der Waals surface area contributed by atoms with Crippen molar-refractivity contribution in [3.63, 3.8) is 0 Å². The maximum absolute atomic E-state index is 12.2. The molecule has 22 heavy (non-hydrogen) atoms. The molecule has 1 saturated heterocycles. The fourth-order valence-corrected chi connectivity index (χ4v) is 3.27. The van der Waals surface area contributed by atoms with E-state index in [2.05, 4.69) is 22.4 Å². The van der Waals surface area contributed by atoms with Gasteiger partial charge in [0.15, 0.2) is 0 Å². The van der Waals surface area contributed by atoms with Gasteiger partial charge in [-0.25, -0.2) is 0 Å². The lowest BCUT2D eigenvalue weighted by Crippen LogP contribution is -2.51. The van der Waals surface area contributed by atoms with Crippen LogP contribution >= 0.6 is 11.3 Å². The summed E-state index contributed by atoms with van der Waals surface area (Å²) < 4.78 is 0. The Bertz CT molecular complexity index is 480. The number of carbonyl (C=O) groups is 2. The Labute approximate surface area is 136 Å². The van der Waals surface area contributed by atoms with Crippen molar-refractivity contribution in [3.05, 3.63) is 22.4 Å². The predicted octanol–water partition coefficient (Wildman–Crippen LogP) is 1.30. The SMILES string of the molecule is CN(C)C(=O)CN1CCN(C(=O)CCCc2cccs2)CC1. The van der Waals surface area contributed by atoms with E-state index >= 15 is 0 Å². The van der Waals surface area contributed by atoms with E-state index in [0.717, 1.165) is 39.0 Å². The molecule has 0 saturated carbocycles. The lowest BCUT2D eigenvalue weighted by Gasteiger charge is -2.34. The first-order chi connectivity index (χ1) is 10.6. The summed E-state index contributed by atoms with van der Waals surface area (Å²) >= 11 is 1.75. The second kappa shape index (κ2) is 8.29. The van der Waals surface area contributed by atoms with Crippen LogP contribution in [0, 0.1) is 0 Å². The Morgan fingerprint density at radius 1 is 1.23 bits per heavy atom. The molecule has 2 heterocycles. The van der Waals surface area contributed by atoms with Crippen LogP contribution in [0.25, 0.3) is 0 Å². The van der Waals surface area contributed by atoms with Crippen LogP contribution in [-0.2, 0) is 16.0 Å². The molecule has 2 amide bonds. The summed E-state index contributed by atoms with van der Waals surface area (Å²) in [7, 11) is 3.55.